The Hall–Kier alpha value is -3.46. The summed E-state index contributed by atoms with van der Waals surface area (Å²) in [5, 5.41) is 3.33. The number of benzene rings is 3. The van der Waals surface area contributed by atoms with Crippen LogP contribution in [0.2, 0.25) is 10.0 Å². The predicted molar refractivity (Wildman–Crippen MR) is 143 cm³/mol. The first kappa shape index (κ1) is 25.6. The zero-order valence-electron chi connectivity index (χ0n) is 19.0. The second-order valence-electron chi connectivity index (χ2n) is 7.48. The molecule has 0 aliphatic carbocycles. The number of carbonyl (C=O) groups excluding carboxylic acids is 3. The van der Waals surface area contributed by atoms with Crippen LogP contribution >= 0.6 is 35.0 Å². The van der Waals surface area contributed by atoms with Crippen LogP contribution in [0.1, 0.15) is 12.5 Å². The van der Waals surface area contributed by atoms with E-state index in [1.165, 1.54) is 0 Å². The van der Waals surface area contributed by atoms with Crippen LogP contribution in [0.5, 0.6) is 11.5 Å². The summed E-state index contributed by atoms with van der Waals surface area (Å²) >= 11 is 12.7. The van der Waals surface area contributed by atoms with Crippen LogP contribution in [-0.4, -0.2) is 30.3 Å². The molecule has 0 bridgehead atoms. The first-order valence-electron chi connectivity index (χ1n) is 10.8. The maximum absolute atomic E-state index is 12.9. The standard InChI is InChI=1S/C26H20Cl2N2O5S/c1-2-34-22-12-16(6-11-21(22)35-15-24(31)29-19-5-3-4-18(28)14-19)13-23-25(32)30(26(33)36-23)20-9-7-17(27)8-10-20/h3-14H,2,15H2,1H3,(H,29,31)/b23-13-. The van der Waals surface area contributed by atoms with E-state index in [0.29, 0.717) is 45.1 Å². The third kappa shape index (κ3) is 6.20. The fourth-order valence-electron chi connectivity index (χ4n) is 3.34. The lowest BCUT2D eigenvalue weighted by molar-refractivity contribution is -0.118. The Bertz CT molecular complexity index is 1340. The van der Waals surface area contributed by atoms with Crippen molar-refractivity contribution < 1.29 is 23.9 Å². The predicted octanol–water partition coefficient (Wildman–Crippen LogP) is 6.65. The highest BCUT2D eigenvalue weighted by atomic mass is 35.5. The molecule has 1 aliphatic heterocycles. The van der Waals surface area contributed by atoms with Crippen LogP contribution in [0.15, 0.2) is 71.6 Å². The number of nitrogens with zero attached hydrogens (tertiary/aromatic N) is 1. The van der Waals surface area contributed by atoms with Gasteiger partial charge in [-0.3, -0.25) is 14.4 Å². The number of carbonyl (C=O) groups is 3. The van der Waals surface area contributed by atoms with E-state index in [0.717, 1.165) is 16.7 Å². The summed E-state index contributed by atoms with van der Waals surface area (Å²) in [5.74, 6) is -0.0220. The van der Waals surface area contributed by atoms with E-state index in [9.17, 15) is 14.4 Å². The largest absolute Gasteiger partial charge is 0.490 e. The van der Waals surface area contributed by atoms with Crippen molar-refractivity contribution in [2.75, 3.05) is 23.4 Å². The quantitative estimate of drug-likeness (QED) is 0.320. The molecule has 0 aromatic heterocycles. The van der Waals surface area contributed by atoms with Gasteiger partial charge in [-0.1, -0.05) is 35.3 Å². The van der Waals surface area contributed by atoms with Gasteiger partial charge in [-0.05, 0) is 84.9 Å². The van der Waals surface area contributed by atoms with Gasteiger partial charge in [0.15, 0.2) is 18.1 Å². The van der Waals surface area contributed by atoms with Crippen molar-refractivity contribution in [1.82, 2.24) is 0 Å². The molecule has 7 nitrogen and oxygen atoms in total. The van der Waals surface area contributed by atoms with E-state index in [-0.39, 0.29) is 17.4 Å². The van der Waals surface area contributed by atoms with Crippen molar-refractivity contribution in [3.63, 3.8) is 0 Å². The first-order valence-corrected chi connectivity index (χ1v) is 12.4. The summed E-state index contributed by atoms with van der Waals surface area (Å²) in [4.78, 5) is 39.1. The number of halogens is 2. The van der Waals surface area contributed by atoms with Crippen LogP contribution in [-0.2, 0) is 9.59 Å². The Morgan fingerprint density at radius 1 is 0.972 bits per heavy atom. The Labute approximate surface area is 222 Å². The molecule has 0 spiro atoms. The lowest BCUT2D eigenvalue weighted by Gasteiger charge is -2.13. The maximum Gasteiger partial charge on any atom is 0.298 e. The van der Waals surface area contributed by atoms with Crippen LogP contribution in [0.25, 0.3) is 6.08 Å². The maximum atomic E-state index is 12.9. The normalized spacial score (nSPS) is 14.3. The third-order valence-electron chi connectivity index (χ3n) is 4.91. The van der Waals surface area contributed by atoms with Crippen molar-refractivity contribution >= 4 is 69.5 Å². The summed E-state index contributed by atoms with van der Waals surface area (Å²) in [7, 11) is 0. The van der Waals surface area contributed by atoms with Gasteiger partial charge in [0.05, 0.1) is 17.2 Å². The van der Waals surface area contributed by atoms with Gasteiger partial charge >= 0.3 is 0 Å². The van der Waals surface area contributed by atoms with Crippen molar-refractivity contribution in [3.05, 3.63) is 87.2 Å². The van der Waals surface area contributed by atoms with Crippen LogP contribution < -0.4 is 19.7 Å². The highest BCUT2D eigenvalue weighted by molar-refractivity contribution is 8.19. The minimum atomic E-state index is -0.428. The molecule has 4 rings (SSSR count). The van der Waals surface area contributed by atoms with Crippen LogP contribution in [0.3, 0.4) is 0 Å². The molecule has 1 fully saturated rings. The Morgan fingerprint density at radius 3 is 2.47 bits per heavy atom. The lowest BCUT2D eigenvalue weighted by Crippen LogP contribution is -2.27. The van der Waals surface area contributed by atoms with Gasteiger partial charge in [-0.25, -0.2) is 4.90 Å². The zero-order valence-corrected chi connectivity index (χ0v) is 21.3. The molecule has 3 amide bonds. The molecule has 0 radical (unpaired) electrons. The number of thioether (sulfide) groups is 1. The number of nitrogens with one attached hydrogen (secondary N) is 1. The highest BCUT2D eigenvalue weighted by Crippen LogP contribution is 2.37. The van der Waals surface area contributed by atoms with Gasteiger partial charge in [0.2, 0.25) is 0 Å². The molecule has 3 aromatic carbocycles. The molecule has 36 heavy (non-hydrogen) atoms. The number of anilines is 2. The molecule has 3 aromatic rings. The highest BCUT2D eigenvalue weighted by Gasteiger charge is 2.36. The molecule has 0 saturated carbocycles. The topological polar surface area (TPSA) is 84.9 Å². The summed E-state index contributed by atoms with van der Waals surface area (Å²) in [6, 6.07) is 18.3. The third-order valence-corrected chi connectivity index (χ3v) is 6.27. The fraction of sp³-hybridized carbons (Fsp3) is 0.115. The van der Waals surface area contributed by atoms with Crippen molar-refractivity contribution in [1.29, 1.82) is 0 Å². The Morgan fingerprint density at radius 2 is 1.75 bits per heavy atom. The van der Waals surface area contributed by atoms with Gasteiger partial charge in [0, 0.05) is 15.7 Å². The van der Waals surface area contributed by atoms with E-state index in [4.69, 9.17) is 32.7 Å². The number of ether oxygens (including phenoxy) is 2. The molecule has 1 aliphatic rings. The number of hydrogen-bond acceptors (Lipinski definition) is 6. The van der Waals surface area contributed by atoms with Crippen LogP contribution in [0.4, 0.5) is 16.2 Å². The average Bonchev–Trinajstić information content (AvgIpc) is 3.12. The van der Waals surface area contributed by atoms with E-state index in [2.05, 4.69) is 5.32 Å². The molecule has 184 valence electrons. The van der Waals surface area contributed by atoms with Gasteiger partial charge < -0.3 is 14.8 Å². The Balaban J connectivity index is 1.47. The van der Waals surface area contributed by atoms with E-state index >= 15 is 0 Å². The van der Waals surface area contributed by atoms with Gasteiger partial charge in [-0.2, -0.15) is 0 Å². The Kier molecular flexibility index (Phi) is 8.20. The number of amides is 3. The number of imide groups is 1. The SMILES string of the molecule is CCOc1cc(/C=C2\SC(=O)N(c3ccc(Cl)cc3)C2=O)ccc1OCC(=O)Nc1cccc(Cl)c1. The zero-order chi connectivity index (χ0) is 25.7. The number of rotatable bonds is 8. The van der Waals surface area contributed by atoms with Crippen molar-refractivity contribution in [3.8, 4) is 11.5 Å². The van der Waals surface area contributed by atoms with E-state index in [1.54, 1.807) is 72.8 Å². The van der Waals surface area contributed by atoms with Gasteiger partial charge in [0.1, 0.15) is 0 Å². The number of hydrogen-bond donors (Lipinski definition) is 1. The smallest absolute Gasteiger partial charge is 0.298 e. The average molecular weight is 543 g/mol. The van der Waals surface area contributed by atoms with Crippen LogP contribution in [0, 0.1) is 0 Å². The van der Waals surface area contributed by atoms with Crippen molar-refractivity contribution in [2.45, 2.75) is 6.92 Å². The molecule has 1 heterocycles. The molecule has 0 unspecified atom stereocenters. The minimum absolute atomic E-state index is 0.244. The summed E-state index contributed by atoms with van der Waals surface area (Å²) in [5.41, 5.74) is 1.64. The molecule has 1 saturated heterocycles. The van der Waals surface area contributed by atoms with E-state index < -0.39 is 11.1 Å². The fourth-order valence-corrected chi connectivity index (χ4v) is 4.50. The first-order chi connectivity index (χ1) is 17.3. The molecular formula is C26H20Cl2N2O5S. The molecule has 1 N–H and O–H groups in total. The summed E-state index contributed by atoms with van der Waals surface area (Å²) < 4.78 is 11.3. The minimum Gasteiger partial charge on any atom is -0.490 e. The second kappa shape index (κ2) is 11.5. The second-order valence-corrected chi connectivity index (χ2v) is 9.35. The lowest BCUT2D eigenvalue weighted by atomic mass is 10.1. The summed E-state index contributed by atoms with van der Waals surface area (Å²) in [6.07, 6.45) is 1.61. The summed E-state index contributed by atoms with van der Waals surface area (Å²) in [6.45, 7) is 1.94. The van der Waals surface area contributed by atoms with Gasteiger partial charge in [-0.15, -0.1) is 0 Å². The van der Waals surface area contributed by atoms with Crippen molar-refractivity contribution in [2.24, 2.45) is 0 Å². The molecule has 10 heteroatoms. The molecular weight excluding hydrogens is 523 g/mol. The van der Waals surface area contributed by atoms with Gasteiger partial charge in [0.25, 0.3) is 17.1 Å². The van der Waals surface area contributed by atoms with E-state index in [1.807, 2.05) is 6.92 Å². The monoisotopic (exact) mass is 542 g/mol. The molecule has 0 atom stereocenters.